The Morgan fingerprint density at radius 1 is 1.29 bits per heavy atom. The smallest absolute Gasteiger partial charge is 0.321 e. The van der Waals surface area contributed by atoms with Gasteiger partial charge in [0, 0.05) is 36.9 Å². The zero-order chi connectivity index (χ0) is 19.7. The Balaban J connectivity index is 1.54. The molecule has 0 radical (unpaired) electrons. The summed E-state index contributed by atoms with van der Waals surface area (Å²) >= 11 is 0. The van der Waals surface area contributed by atoms with Gasteiger partial charge in [0.1, 0.15) is 5.82 Å². The number of pyridine rings is 1. The average molecular weight is 377 g/mol. The van der Waals surface area contributed by atoms with Gasteiger partial charge in [-0.2, -0.15) is 0 Å². The van der Waals surface area contributed by atoms with Gasteiger partial charge < -0.3 is 14.8 Å². The van der Waals surface area contributed by atoms with Crippen molar-refractivity contribution in [2.45, 2.75) is 45.6 Å². The van der Waals surface area contributed by atoms with Crippen molar-refractivity contribution in [2.24, 2.45) is 0 Å². The van der Waals surface area contributed by atoms with Gasteiger partial charge in [-0.05, 0) is 44.4 Å². The van der Waals surface area contributed by atoms with Crippen LogP contribution < -0.4 is 5.32 Å². The average Bonchev–Trinajstić information content (AvgIpc) is 3.33. The minimum Gasteiger partial charge on any atom is -0.324 e. The van der Waals surface area contributed by atoms with Crippen molar-refractivity contribution in [1.29, 1.82) is 0 Å². The van der Waals surface area contributed by atoms with E-state index in [4.69, 9.17) is 4.98 Å². The number of likely N-dealkylation sites (tertiary alicyclic amines) is 1. The summed E-state index contributed by atoms with van der Waals surface area (Å²) in [5.41, 5.74) is 4.09. The molecule has 3 heterocycles. The Kier molecular flexibility index (Phi) is 5.03. The molecular weight excluding hydrogens is 350 g/mol. The number of nitrogens with zero attached hydrogens (tertiary/aromatic N) is 4. The number of fused-ring (bicyclic) bond motifs is 1. The first-order valence-electron chi connectivity index (χ1n) is 10.0. The standard InChI is InChI=1S/C22H27N5O/c1-4-16-7-5-6-8-18(16)25-22(28)26-12-10-17(14-26)21-24-19-9-11-23-13-20(19)27(21)15(2)3/h5-9,11,13,15,17H,4,10,12,14H2,1-3H3,(H,25,28)/t17-/m1/s1. The summed E-state index contributed by atoms with van der Waals surface area (Å²) in [5, 5.41) is 3.09. The number of amides is 2. The number of carbonyl (C=O) groups is 1. The maximum atomic E-state index is 12.8. The normalized spacial score (nSPS) is 16.9. The molecule has 0 spiro atoms. The number of aryl methyl sites for hydroxylation is 1. The molecule has 1 aromatic carbocycles. The van der Waals surface area contributed by atoms with Crippen LogP contribution in [0.3, 0.4) is 0 Å². The first-order valence-corrected chi connectivity index (χ1v) is 10.0. The van der Waals surface area contributed by atoms with E-state index in [1.54, 1.807) is 6.20 Å². The van der Waals surface area contributed by atoms with Crippen LogP contribution in [0.2, 0.25) is 0 Å². The van der Waals surface area contributed by atoms with Crippen LogP contribution in [-0.2, 0) is 6.42 Å². The molecule has 4 rings (SSSR count). The van der Waals surface area contributed by atoms with E-state index in [0.29, 0.717) is 12.6 Å². The SMILES string of the molecule is CCc1ccccc1NC(=O)N1CC[C@@H](c2nc3ccncc3n2C(C)C)C1. The van der Waals surface area contributed by atoms with E-state index in [9.17, 15) is 4.79 Å². The highest BCUT2D eigenvalue weighted by atomic mass is 16.2. The lowest BCUT2D eigenvalue weighted by Gasteiger charge is -2.20. The van der Waals surface area contributed by atoms with E-state index in [1.165, 1.54) is 0 Å². The van der Waals surface area contributed by atoms with E-state index in [1.807, 2.05) is 35.4 Å². The Bertz CT molecular complexity index is 994. The first kappa shape index (κ1) is 18.5. The largest absolute Gasteiger partial charge is 0.324 e. The van der Waals surface area contributed by atoms with Gasteiger partial charge in [0.15, 0.2) is 0 Å². The molecule has 0 unspecified atom stereocenters. The summed E-state index contributed by atoms with van der Waals surface area (Å²) in [4.78, 5) is 23.9. The lowest BCUT2D eigenvalue weighted by Crippen LogP contribution is -2.33. The monoisotopic (exact) mass is 377 g/mol. The molecule has 2 aromatic heterocycles. The second-order valence-corrected chi connectivity index (χ2v) is 7.67. The third-order valence-corrected chi connectivity index (χ3v) is 5.52. The van der Waals surface area contributed by atoms with Crippen LogP contribution >= 0.6 is 0 Å². The first-order chi connectivity index (χ1) is 13.6. The number of urea groups is 1. The summed E-state index contributed by atoms with van der Waals surface area (Å²) in [6.45, 7) is 7.85. The molecule has 2 amide bonds. The predicted molar refractivity (Wildman–Crippen MR) is 112 cm³/mol. The third-order valence-electron chi connectivity index (χ3n) is 5.52. The number of imidazole rings is 1. The molecule has 0 aliphatic carbocycles. The van der Waals surface area contributed by atoms with Crippen LogP contribution in [0.25, 0.3) is 11.0 Å². The van der Waals surface area contributed by atoms with Gasteiger partial charge in [-0.15, -0.1) is 0 Å². The summed E-state index contributed by atoms with van der Waals surface area (Å²) < 4.78 is 2.26. The van der Waals surface area contributed by atoms with Crippen LogP contribution in [0.4, 0.5) is 10.5 Å². The van der Waals surface area contributed by atoms with Crippen molar-refractivity contribution >= 4 is 22.8 Å². The number of benzene rings is 1. The number of aromatic nitrogens is 3. The van der Waals surface area contributed by atoms with Crippen LogP contribution in [0.5, 0.6) is 0 Å². The number of anilines is 1. The van der Waals surface area contributed by atoms with Crippen molar-refractivity contribution in [3.8, 4) is 0 Å². The molecule has 1 aliphatic heterocycles. The van der Waals surface area contributed by atoms with Gasteiger partial charge in [0.25, 0.3) is 0 Å². The van der Waals surface area contributed by atoms with Gasteiger partial charge >= 0.3 is 6.03 Å². The lowest BCUT2D eigenvalue weighted by atomic mass is 10.1. The molecule has 1 fully saturated rings. The molecular formula is C22H27N5O. The minimum atomic E-state index is -0.0303. The molecule has 6 nitrogen and oxygen atoms in total. The zero-order valence-corrected chi connectivity index (χ0v) is 16.7. The minimum absolute atomic E-state index is 0.0303. The molecule has 1 N–H and O–H groups in total. The second kappa shape index (κ2) is 7.62. The Morgan fingerprint density at radius 2 is 2.11 bits per heavy atom. The maximum Gasteiger partial charge on any atom is 0.321 e. The fourth-order valence-electron chi connectivity index (χ4n) is 4.09. The fraction of sp³-hybridized carbons (Fsp3) is 0.409. The lowest BCUT2D eigenvalue weighted by molar-refractivity contribution is 0.222. The quantitative estimate of drug-likeness (QED) is 0.723. The molecule has 1 atom stereocenters. The third kappa shape index (κ3) is 3.35. The van der Waals surface area contributed by atoms with Crippen LogP contribution in [-0.4, -0.2) is 38.6 Å². The molecule has 1 aliphatic rings. The van der Waals surface area contributed by atoms with Crippen molar-refractivity contribution < 1.29 is 4.79 Å². The zero-order valence-electron chi connectivity index (χ0n) is 16.7. The fourth-order valence-corrected chi connectivity index (χ4v) is 4.09. The van der Waals surface area contributed by atoms with Crippen LogP contribution in [0.1, 0.15) is 50.5 Å². The topological polar surface area (TPSA) is 63.1 Å². The number of para-hydroxylation sites is 1. The van der Waals surface area contributed by atoms with Gasteiger partial charge in [-0.25, -0.2) is 9.78 Å². The summed E-state index contributed by atoms with van der Waals surface area (Å²) in [6.07, 6.45) is 5.48. The number of carbonyl (C=O) groups excluding carboxylic acids is 1. The molecule has 146 valence electrons. The van der Waals surface area contributed by atoms with Crippen molar-refractivity contribution in [2.75, 3.05) is 18.4 Å². The highest BCUT2D eigenvalue weighted by Gasteiger charge is 2.31. The molecule has 3 aromatic rings. The van der Waals surface area contributed by atoms with Gasteiger partial charge in [-0.3, -0.25) is 4.98 Å². The van der Waals surface area contributed by atoms with Crippen molar-refractivity contribution in [3.05, 3.63) is 54.1 Å². The second-order valence-electron chi connectivity index (χ2n) is 7.67. The van der Waals surface area contributed by atoms with Crippen molar-refractivity contribution in [3.63, 3.8) is 0 Å². The van der Waals surface area contributed by atoms with Crippen molar-refractivity contribution in [1.82, 2.24) is 19.4 Å². The predicted octanol–water partition coefficient (Wildman–Crippen LogP) is 4.60. The Hall–Kier alpha value is -2.89. The van der Waals surface area contributed by atoms with Gasteiger partial charge in [0.05, 0.1) is 17.2 Å². The number of rotatable bonds is 4. The van der Waals surface area contributed by atoms with E-state index >= 15 is 0 Å². The Labute approximate surface area is 165 Å². The van der Waals surface area contributed by atoms with Gasteiger partial charge in [0.2, 0.25) is 0 Å². The van der Waals surface area contributed by atoms with E-state index < -0.39 is 0 Å². The molecule has 28 heavy (non-hydrogen) atoms. The number of hydrogen-bond donors (Lipinski definition) is 1. The molecule has 0 bridgehead atoms. The summed E-state index contributed by atoms with van der Waals surface area (Å²) in [7, 11) is 0. The Morgan fingerprint density at radius 3 is 2.89 bits per heavy atom. The molecule has 1 saturated heterocycles. The summed E-state index contributed by atoms with van der Waals surface area (Å²) in [6, 6.07) is 10.2. The highest BCUT2D eigenvalue weighted by Crippen LogP contribution is 2.32. The van der Waals surface area contributed by atoms with E-state index in [0.717, 1.165) is 47.5 Å². The van der Waals surface area contributed by atoms with E-state index in [2.05, 4.69) is 41.7 Å². The van der Waals surface area contributed by atoms with Crippen LogP contribution in [0, 0.1) is 0 Å². The molecule has 0 saturated carbocycles. The number of nitrogens with one attached hydrogen (secondary N) is 1. The number of hydrogen-bond acceptors (Lipinski definition) is 3. The molecule has 6 heteroatoms. The highest BCUT2D eigenvalue weighted by molar-refractivity contribution is 5.90. The maximum absolute atomic E-state index is 12.8. The van der Waals surface area contributed by atoms with Crippen LogP contribution in [0.15, 0.2) is 42.7 Å². The van der Waals surface area contributed by atoms with Gasteiger partial charge in [-0.1, -0.05) is 25.1 Å². The van der Waals surface area contributed by atoms with E-state index in [-0.39, 0.29) is 11.9 Å². The summed E-state index contributed by atoms with van der Waals surface area (Å²) in [5.74, 6) is 1.30.